The lowest BCUT2D eigenvalue weighted by Crippen LogP contribution is -2.12. The van der Waals surface area contributed by atoms with Crippen LogP contribution in [0.2, 0.25) is 0 Å². The molecule has 2 heterocycles. The molecule has 0 bridgehead atoms. The summed E-state index contributed by atoms with van der Waals surface area (Å²) in [5.74, 6) is -0.864. The van der Waals surface area contributed by atoms with E-state index in [2.05, 4.69) is 20.3 Å². The molecule has 0 aliphatic carbocycles. The van der Waals surface area contributed by atoms with Gasteiger partial charge in [0.05, 0.1) is 12.7 Å². The molecule has 0 atom stereocenters. The molecule has 3 aromatic rings. The number of aromatic carboxylic acids is 1. The normalized spacial score (nSPS) is 11.4. The van der Waals surface area contributed by atoms with E-state index in [9.17, 15) is 23.1 Å². The number of benzene rings is 1. The second kappa shape index (κ2) is 7.06. The number of rotatable bonds is 5. The maximum absolute atomic E-state index is 12.8. The fraction of sp³-hybridized carbons (Fsp3) is 0.176. The first-order chi connectivity index (χ1) is 12.8. The van der Waals surface area contributed by atoms with Gasteiger partial charge in [-0.2, -0.15) is 13.2 Å². The number of ether oxygens (including phenoxy) is 1. The SMILES string of the molecule is COc1ccc(CNc2nc3cc(C(F)(F)F)cnc3nc2C(=O)O)cc1. The molecule has 27 heavy (non-hydrogen) atoms. The summed E-state index contributed by atoms with van der Waals surface area (Å²) in [5, 5.41) is 12.1. The molecule has 0 saturated heterocycles. The molecule has 2 N–H and O–H groups in total. The number of carboxylic acid groups (broad SMARTS) is 1. The van der Waals surface area contributed by atoms with E-state index >= 15 is 0 Å². The number of nitrogens with zero attached hydrogens (tertiary/aromatic N) is 3. The standard InChI is InChI=1S/C17H13F3N4O3/c1-27-11-4-2-9(3-5-11)7-21-15-13(16(25)26)24-14-12(23-15)6-10(8-22-14)17(18,19)20/h2-6,8H,7H2,1H3,(H,21,23)(H,25,26). The minimum Gasteiger partial charge on any atom is -0.497 e. The lowest BCUT2D eigenvalue weighted by Gasteiger charge is -2.11. The number of pyridine rings is 1. The summed E-state index contributed by atoms with van der Waals surface area (Å²) in [4.78, 5) is 22.8. The Morgan fingerprint density at radius 1 is 1.22 bits per heavy atom. The van der Waals surface area contributed by atoms with Crippen LogP contribution in [0, 0.1) is 0 Å². The van der Waals surface area contributed by atoms with Crippen molar-refractivity contribution in [2.45, 2.75) is 12.7 Å². The Balaban J connectivity index is 1.95. The van der Waals surface area contributed by atoms with E-state index in [1.165, 1.54) is 7.11 Å². The van der Waals surface area contributed by atoms with Crippen LogP contribution >= 0.6 is 0 Å². The molecule has 2 aromatic heterocycles. The minimum atomic E-state index is -4.59. The van der Waals surface area contributed by atoms with Crippen molar-refractivity contribution in [3.05, 3.63) is 53.3 Å². The van der Waals surface area contributed by atoms with E-state index in [1.807, 2.05) is 0 Å². The van der Waals surface area contributed by atoms with Crippen LogP contribution in [-0.4, -0.2) is 33.1 Å². The minimum absolute atomic E-state index is 0.146. The second-order valence-electron chi connectivity index (χ2n) is 5.49. The third-order valence-corrected chi connectivity index (χ3v) is 3.67. The summed E-state index contributed by atoms with van der Waals surface area (Å²) in [7, 11) is 1.53. The highest BCUT2D eigenvalue weighted by molar-refractivity contribution is 5.93. The lowest BCUT2D eigenvalue weighted by atomic mass is 10.2. The molecule has 0 saturated carbocycles. The molecular formula is C17H13F3N4O3. The van der Waals surface area contributed by atoms with Gasteiger partial charge in [0, 0.05) is 12.7 Å². The number of anilines is 1. The van der Waals surface area contributed by atoms with Gasteiger partial charge in [-0.25, -0.2) is 19.7 Å². The number of aromatic nitrogens is 3. The topological polar surface area (TPSA) is 97.2 Å². The Hall–Kier alpha value is -3.43. The fourth-order valence-electron chi connectivity index (χ4n) is 2.30. The molecule has 140 valence electrons. The van der Waals surface area contributed by atoms with E-state index in [-0.39, 0.29) is 23.5 Å². The Morgan fingerprint density at radius 2 is 1.93 bits per heavy atom. The predicted octanol–water partition coefficient (Wildman–Crippen LogP) is 3.36. The van der Waals surface area contributed by atoms with Gasteiger partial charge in [-0.3, -0.25) is 0 Å². The summed E-state index contributed by atoms with van der Waals surface area (Å²) in [6, 6.07) is 7.73. The van der Waals surface area contributed by atoms with Crippen molar-refractivity contribution in [3.63, 3.8) is 0 Å². The van der Waals surface area contributed by atoms with Crippen LogP contribution in [0.25, 0.3) is 11.2 Å². The van der Waals surface area contributed by atoms with E-state index in [0.717, 1.165) is 11.6 Å². The van der Waals surface area contributed by atoms with Gasteiger partial charge in [0.1, 0.15) is 11.3 Å². The van der Waals surface area contributed by atoms with Crippen LogP contribution < -0.4 is 10.1 Å². The van der Waals surface area contributed by atoms with Gasteiger partial charge in [-0.05, 0) is 23.8 Å². The molecule has 0 unspecified atom stereocenters. The molecule has 1 aromatic carbocycles. The predicted molar refractivity (Wildman–Crippen MR) is 89.6 cm³/mol. The summed E-state index contributed by atoms with van der Waals surface area (Å²) in [5.41, 5.74) is -0.976. The van der Waals surface area contributed by atoms with Gasteiger partial charge in [-0.1, -0.05) is 12.1 Å². The van der Waals surface area contributed by atoms with E-state index < -0.39 is 23.4 Å². The Labute approximate surface area is 150 Å². The molecule has 3 rings (SSSR count). The molecule has 0 radical (unpaired) electrons. The Kier molecular flexibility index (Phi) is 4.80. The summed E-state index contributed by atoms with van der Waals surface area (Å²) in [6.07, 6.45) is -4.00. The third-order valence-electron chi connectivity index (χ3n) is 3.67. The van der Waals surface area contributed by atoms with Crippen LogP contribution in [0.15, 0.2) is 36.5 Å². The van der Waals surface area contributed by atoms with Crippen molar-refractivity contribution in [2.24, 2.45) is 0 Å². The van der Waals surface area contributed by atoms with Crippen LogP contribution in [0.1, 0.15) is 21.6 Å². The van der Waals surface area contributed by atoms with Gasteiger partial charge < -0.3 is 15.2 Å². The average molecular weight is 378 g/mol. The molecule has 7 nitrogen and oxygen atoms in total. The molecular weight excluding hydrogens is 365 g/mol. The number of nitrogens with one attached hydrogen (secondary N) is 1. The third kappa shape index (κ3) is 4.05. The van der Waals surface area contributed by atoms with Crippen molar-refractivity contribution < 1.29 is 27.8 Å². The monoisotopic (exact) mass is 378 g/mol. The van der Waals surface area contributed by atoms with Gasteiger partial charge in [0.15, 0.2) is 17.2 Å². The number of alkyl halides is 3. The maximum Gasteiger partial charge on any atom is 0.417 e. The number of carboxylic acids is 1. The zero-order valence-corrected chi connectivity index (χ0v) is 13.9. The first kappa shape index (κ1) is 18.4. The molecule has 0 amide bonds. The maximum atomic E-state index is 12.8. The van der Waals surface area contributed by atoms with Gasteiger partial charge in [-0.15, -0.1) is 0 Å². The lowest BCUT2D eigenvalue weighted by molar-refractivity contribution is -0.137. The summed E-state index contributed by atoms with van der Waals surface area (Å²) < 4.78 is 43.6. The Morgan fingerprint density at radius 3 is 2.52 bits per heavy atom. The number of hydrogen-bond acceptors (Lipinski definition) is 6. The van der Waals surface area contributed by atoms with E-state index in [4.69, 9.17) is 4.74 Å². The summed E-state index contributed by atoms with van der Waals surface area (Å²) >= 11 is 0. The van der Waals surface area contributed by atoms with Crippen molar-refractivity contribution in [1.82, 2.24) is 15.0 Å². The fourth-order valence-corrected chi connectivity index (χ4v) is 2.30. The highest BCUT2D eigenvalue weighted by atomic mass is 19.4. The first-order valence-electron chi connectivity index (χ1n) is 7.63. The second-order valence-corrected chi connectivity index (χ2v) is 5.49. The molecule has 0 spiro atoms. The zero-order valence-electron chi connectivity index (χ0n) is 13.9. The van der Waals surface area contributed by atoms with Crippen LogP contribution in [0.5, 0.6) is 5.75 Å². The highest BCUT2D eigenvalue weighted by Gasteiger charge is 2.31. The number of halogens is 3. The molecule has 0 fully saturated rings. The van der Waals surface area contributed by atoms with E-state index in [0.29, 0.717) is 11.9 Å². The molecule has 10 heteroatoms. The summed E-state index contributed by atoms with van der Waals surface area (Å²) in [6.45, 7) is 0.191. The average Bonchev–Trinajstić information content (AvgIpc) is 2.64. The van der Waals surface area contributed by atoms with Gasteiger partial charge in [0.25, 0.3) is 0 Å². The van der Waals surface area contributed by atoms with Crippen LogP contribution in [0.4, 0.5) is 19.0 Å². The number of carbonyl (C=O) groups is 1. The van der Waals surface area contributed by atoms with Crippen LogP contribution in [-0.2, 0) is 12.7 Å². The number of fused-ring (bicyclic) bond motifs is 1. The zero-order chi connectivity index (χ0) is 19.6. The Bertz CT molecular complexity index is 991. The van der Waals surface area contributed by atoms with E-state index in [1.54, 1.807) is 24.3 Å². The van der Waals surface area contributed by atoms with Crippen molar-refractivity contribution in [1.29, 1.82) is 0 Å². The quantitative estimate of drug-likeness (QED) is 0.703. The number of hydrogen-bond donors (Lipinski definition) is 2. The molecule has 0 aliphatic rings. The largest absolute Gasteiger partial charge is 0.497 e. The molecule has 0 aliphatic heterocycles. The van der Waals surface area contributed by atoms with Crippen LogP contribution in [0.3, 0.4) is 0 Å². The van der Waals surface area contributed by atoms with Gasteiger partial charge >= 0.3 is 12.1 Å². The number of methoxy groups -OCH3 is 1. The first-order valence-corrected chi connectivity index (χ1v) is 7.63. The van der Waals surface area contributed by atoms with Crippen molar-refractivity contribution in [2.75, 3.05) is 12.4 Å². The smallest absolute Gasteiger partial charge is 0.417 e. The van der Waals surface area contributed by atoms with Crippen molar-refractivity contribution >= 4 is 23.0 Å². The highest BCUT2D eigenvalue weighted by Crippen LogP contribution is 2.30. The van der Waals surface area contributed by atoms with Gasteiger partial charge in [0.2, 0.25) is 0 Å². The van der Waals surface area contributed by atoms with Crippen molar-refractivity contribution in [3.8, 4) is 5.75 Å².